The Morgan fingerprint density at radius 1 is 0.711 bits per heavy atom. The van der Waals surface area contributed by atoms with Gasteiger partial charge in [-0.05, 0) is 46.7 Å². The summed E-state index contributed by atoms with van der Waals surface area (Å²) in [5.41, 5.74) is 7.87. The van der Waals surface area contributed by atoms with Crippen molar-refractivity contribution in [1.29, 1.82) is 0 Å². The van der Waals surface area contributed by atoms with Crippen molar-refractivity contribution in [3.05, 3.63) is 121 Å². The number of anilines is 1. The normalized spacial score (nSPS) is 23.2. The zero-order valence-electron chi connectivity index (χ0n) is 21.5. The van der Waals surface area contributed by atoms with Crippen LogP contribution in [0.1, 0.15) is 31.2 Å². The van der Waals surface area contributed by atoms with Crippen molar-refractivity contribution < 1.29 is 14.5 Å². The molecule has 1 unspecified atom stereocenters. The van der Waals surface area contributed by atoms with Gasteiger partial charge in [-0.3, -0.25) is 0 Å². The minimum absolute atomic E-state index is 0.322. The van der Waals surface area contributed by atoms with Crippen LogP contribution in [0.15, 0.2) is 116 Å². The third-order valence-electron chi connectivity index (χ3n) is 7.68. The fraction of sp³-hybridized carbons (Fsp3) is 0.235. The van der Waals surface area contributed by atoms with E-state index in [0.717, 1.165) is 42.5 Å². The van der Waals surface area contributed by atoms with E-state index in [1.54, 1.807) is 0 Å². The van der Waals surface area contributed by atoms with Crippen LogP contribution in [0.5, 0.6) is 0 Å². The first-order valence-corrected chi connectivity index (χ1v) is 13.4. The molecule has 4 aromatic rings. The van der Waals surface area contributed by atoms with E-state index in [-0.39, 0.29) is 6.10 Å². The Bertz CT molecular complexity index is 1350. The van der Waals surface area contributed by atoms with Crippen LogP contribution < -0.4 is 5.32 Å². The van der Waals surface area contributed by atoms with Gasteiger partial charge in [0.1, 0.15) is 6.10 Å². The van der Waals surface area contributed by atoms with Crippen molar-refractivity contribution in [2.75, 3.05) is 11.9 Å². The summed E-state index contributed by atoms with van der Waals surface area (Å²) in [5, 5.41) is 3.77. The van der Waals surface area contributed by atoms with Crippen LogP contribution >= 0.6 is 0 Å². The predicted molar refractivity (Wildman–Crippen MR) is 153 cm³/mol. The van der Waals surface area contributed by atoms with Crippen LogP contribution in [0.4, 0.5) is 5.69 Å². The van der Waals surface area contributed by atoms with Gasteiger partial charge in [0.15, 0.2) is 0 Å². The minimum atomic E-state index is -0.676. The third kappa shape index (κ3) is 5.30. The lowest BCUT2D eigenvalue weighted by molar-refractivity contribution is -0.483. The van der Waals surface area contributed by atoms with Gasteiger partial charge in [-0.1, -0.05) is 110 Å². The first kappa shape index (κ1) is 24.6. The molecular weight excluding hydrogens is 470 g/mol. The van der Waals surface area contributed by atoms with Gasteiger partial charge in [-0.15, -0.1) is 0 Å². The number of nitrogens with one attached hydrogen (secondary N) is 1. The molecule has 4 heteroatoms. The van der Waals surface area contributed by atoms with E-state index in [0.29, 0.717) is 12.6 Å². The lowest BCUT2D eigenvalue weighted by Gasteiger charge is -2.43. The summed E-state index contributed by atoms with van der Waals surface area (Å²) in [6.45, 7) is 4.72. The molecule has 1 aliphatic carbocycles. The molecule has 6 rings (SSSR count). The molecule has 1 heterocycles. The van der Waals surface area contributed by atoms with Crippen LogP contribution in [0.3, 0.4) is 0 Å². The molecule has 0 radical (unpaired) electrons. The molecule has 2 aliphatic rings. The summed E-state index contributed by atoms with van der Waals surface area (Å²) in [7, 11) is 0. The average molecular weight is 504 g/mol. The Morgan fingerprint density at radius 2 is 1.32 bits per heavy atom. The highest BCUT2D eigenvalue weighted by Gasteiger charge is 2.43. The maximum absolute atomic E-state index is 6.31. The van der Waals surface area contributed by atoms with Crippen LogP contribution in [0, 0.1) is 0 Å². The van der Waals surface area contributed by atoms with Crippen molar-refractivity contribution in [1.82, 2.24) is 0 Å². The minimum Gasteiger partial charge on any atom is -0.382 e. The Morgan fingerprint density at radius 3 is 1.97 bits per heavy atom. The molecule has 1 N–H and O–H groups in total. The van der Waals surface area contributed by atoms with Gasteiger partial charge in [-0.25, -0.2) is 9.78 Å². The highest BCUT2D eigenvalue weighted by atomic mass is 17.2. The molecule has 0 bridgehead atoms. The highest BCUT2D eigenvalue weighted by Crippen LogP contribution is 2.39. The van der Waals surface area contributed by atoms with Crippen LogP contribution in [0.25, 0.3) is 27.8 Å². The van der Waals surface area contributed by atoms with Crippen LogP contribution in [0.2, 0.25) is 0 Å². The number of para-hydroxylation sites is 1. The third-order valence-corrected chi connectivity index (χ3v) is 7.68. The molecule has 38 heavy (non-hydrogen) atoms. The van der Waals surface area contributed by atoms with E-state index in [1.807, 2.05) is 12.1 Å². The van der Waals surface area contributed by atoms with E-state index in [9.17, 15) is 0 Å². The molecule has 4 nitrogen and oxygen atoms in total. The Balaban J connectivity index is 1.03. The van der Waals surface area contributed by atoms with Crippen molar-refractivity contribution in [2.45, 2.75) is 43.6 Å². The van der Waals surface area contributed by atoms with Crippen molar-refractivity contribution in [2.24, 2.45) is 0 Å². The van der Waals surface area contributed by atoms with Crippen LogP contribution in [-0.2, 0) is 14.5 Å². The molecule has 1 spiro atoms. The topological polar surface area (TPSA) is 39.7 Å². The second kappa shape index (κ2) is 11.0. The van der Waals surface area contributed by atoms with E-state index in [1.165, 1.54) is 22.3 Å². The predicted octanol–water partition coefficient (Wildman–Crippen LogP) is 8.13. The Hall–Kier alpha value is -3.70. The summed E-state index contributed by atoms with van der Waals surface area (Å²) in [6.07, 6.45) is 3.13. The zero-order chi connectivity index (χ0) is 25.8. The highest BCUT2D eigenvalue weighted by molar-refractivity contribution is 5.78. The van der Waals surface area contributed by atoms with E-state index < -0.39 is 5.79 Å². The summed E-state index contributed by atoms with van der Waals surface area (Å²) in [5.74, 6) is -0.676. The molecule has 1 saturated heterocycles. The van der Waals surface area contributed by atoms with E-state index in [4.69, 9.17) is 14.5 Å². The fourth-order valence-corrected chi connectivity index (χ4v) is 5.41. The fourth-order valence-electron chi connectivity index (χ4n) is 5.41. The zero-order valence-corrected chi connectivity index (χ0v) is 21.5. The summed E-state index contributed by atoms with van der Waals surface area (Å²) in [4.78, 5) is 11.8. The first-order chi connectivity index (χ1) is 18.7. The Labute approximate surface area is 224 Å². The van der Waals surface area contributed by atoms with Gasteiger partial charge in [-0.2, -0.15) is 0 Å². The van der Waals surface area contributed by atoms with Crippen molar-refractivity contribution >= 4 is 11.3 Å². The number of benzene rings is 4. The van der Waals surface area contributed by atoms with E-state index in [2.05, 4.69) is 109 Å². The number of rotatable bonds is 6. The van der Waals surface area contributed by atoms with Crippen molar-refractivity contribution in [3.63, 3.8) is 0 Å². The molecule has 1 saturated carbocycles. The Kier molecular flexibility index (Phi) is 7.10. The largest absolute Gasteiger partial charge is 0.382 e. The average Bonchev–Trinajstić information content (AvgIpc) is 3.00. The number of ether oxygens (including phenoxy) is 1. The summed E-state index contributed by atoms with van der Waals surface area (Å²) in [6, 6.07) is 38.1. The summed E-state index contributed by atoms with van der Waals surface area (Å²) < 4.78 is 6.31. The van der Waals surface area contributed by atoms with E-state index >= 15 is 0 Å². The maximum Gasteiger partial charge on any atom is 0.201 e. The SMILES string of the molecule is C=C(c1ccc(-c2ccccc2)cc1)C1COC2(CCC(Nc3ccccc3-c3ccccc3)CC2)OO1. The smallest absolute Gasteiger partial charge is 0.201 e. The van der Waals surface area contributed by atoms with Gasteiger partial charge in [0.05, 0.1) is 6.61 Å². The van der Waals surface area contributed by atoms with Crippen molar-refractivity contribution in [3.8, 4) is 22.3 Å². The monoisotopic (exact) mass is 503 g/mol. The molecule has 1 aliphatic heterocycles. The lowest BCUT2D eigenvalue weighted by Crippen LogP contribution is -2.49. The molecule has 0 aromatic heterocycles. The first-order valence-electron chi connectivity index (χ1n) is 13.4. The lowest BCUT2D eigenvalue weighted by atomic mass is 9.89. The second-order valence-electron chi connectivity index (χ2n) is 10.2. The van der Waals surface area contributed by atoms with Gasteiger partial charge in [0.25, 0.3) is 0 Å². The van der Waals surface area contributed by atoms with Gasteiger partial charge in [0, 0.05) is 30.1 Å². The second-order valence-corrected chi connectivity index (χ2v) is 10.2. The number of hydrogen-bond donors (Lipinski definition) is 1. The molecule has 1 atom stereocenters. The quantitative estimate of drug-likeness (QED) is 0.270. The summed E-state index contributed by atoms with van der Waals surface area (Å²) >= 11 is 0. The molecule has 0 amide bonds. The van der Waals surface area contributed by atoms with Gasteiger partial charge in [0.2, 0.25) is 5.79 Å². The molecule has 2 fully saturated rings. The molecule has 4 aromatic carbocycles. The number of hydrogen-bond acceptors (Lipinski definition) is 4. The van der Waals surface area contributed by atoms with Gasteiger partial charge >= 0.3 is 0 Å². The maximum atomic E-state index is 6.31. The molecule has 192 valence electrons. The van der Waals surface area contributed by atoms with Gasteiger partial charge < -0.3 is 10.1 Å². The molecular formula is C34H33NO3. The van der Waals surface area contributed by atoms with Crippen LogP contribution in [-0.4, -0.2) is 24.5 Å². The standard InChI is InChI=1S/C34H33NO3/c1-25(26-16-18-28(19-17-26)27-10-4-2-5-11-27)33-24-36-34(38-37-33)22-20-30(21-23-34)35-32-15-9-8-14-31(32)29-12-6-3-7-13-29/h2-19,30,33,35H,1,20-24H2.